The van der Waals surface area contributed by atoms with Crippen molar-refractivity contribution < 1.29 is 18.4 Å². The molecule has 4 rings (SSSR count). The molecule has 0 atom stereocenters. The van der Waals surface area contributed by atoms with Crippen molar-refractivity contribution in [3.05, 3.63) is 96.3 Å². The van der Waals surface area contributed by atoms with Crippen LogP contribution in [-0.4, -0.2) is 44.6 Å². The number of aromatic nitrogens is 3. The minimum atomic E-state index is -0.904. The van der Waals surface area contributed by atoms with Gasteiger partial charge in [-0.2, -0.15) is 0 Å². The third kappa shape index (κ3) is 4.83. The third-order valence-corrected chi connectivity index (χ3v) is 5.06. The number of carbonyl (C=O) groups is 2. The number of nitrogens with zero attached hydrogens (tertiary/aromatic N) is 4. The van der Waals surface area contributed by atoms with Crippen molar-refractivity contribution in [3.8, 4) is 17.1 Å². The molecule has 0 fully saturated rings. The molecule has 0 saturated heterocycles. The van der Waals surface area contributed by atoms with Crippen molar-refractivity contribution >= 4 is 17.5 Å². The predicted octanol–water partition coefficient (Wildman–Crippen LogP) is 4.31. The van der Waals surface area contributed by atoms with Crippen molar-refractivity contribution in [2.24, 2.45) is 0 Å². The third-order valence-electron chi connectivity index (χ3n) is 5.06. The summed E-state index contributed by atoms with van der Waals surface area (Å²) in [5.41, 5.74) is 0.909. The van der Waals surface area contributed by atoms with Crippen LogP contribution in [0.5, 0.6) is 0 Å². The van der Waals surface area contributed by atoms with Gasteiger partial charge in [-0.1, -0.05) is 54.6 Å². The number of carbonyl (C=O) groups excluding carboxylic acids is 2. The van der Waals surface area contributed by atoms with Gasteiger partial charge in [-0.3, -0.25) is 9.59 Å². The van der Waals surface area contributed by atoms with E-state index in [0.29, 0.717) is 11.5 Å². The Morgan fingerprint density at radius 2 is 1.53 bits per heavy atom. The van der Waals surface area contributed by atoms with Gasteiger partial charge in [0.25, 0.3) is 5.91 Å². The Kier molecular flexibility index (Phi) is 6.72. The molecule has 2 amide bonds. The SMILES string of the molecule is CCN(CC(=O)Nc1c(F)cccc1F)C(=O)c1nc(-c2ccccc2)n(-c2ccccc2)n1. The molecule has 3 aromatic carbocycles. The highest BCUT2D eigenvalue weighted by Gasteiger charge is 2.25. The van der Waals surface area contributed by atoms with Gasteiger partial charge in [0.1, 0.15) is 23.9 Å². The van der Waals surface area contributed by atoms with E-state index in [-0.39, 0.29) is 12.4 Å². The van der Waals surface area contributed by atoms with Gasteiger partial charge in [-0.05, 0) is 31.2 Å². The molecule has 172 valence electrons. The van der Waals surface area contributed by atoms with Crippen LogP contribution >= 0.6 is 0 Å². The molecule has 1 N–H and O–H groups in total. The lowest BCUT2D eigenvalue weighted by atomic mass is 10.2. The Labute approximate surface area is 194 Å². The van der Waals surface area contributed by atoms with E-state index in [1.54, 1.807) is 11.6 Å². The summed E-state index contributed by atoms with van der Waals surface area (Å²) in [6.45, 7) is 1.41. The molecular weight excluding hydrogens is 440 g/mol. The van der Waals surface area contributed by atoms with Crippen molar-refractivity contribution in [1.29, 1.82) is 0 Å². The Hall–Kier alpha value is -4.40. The fraction of sp³-hybridized carbons (Fsp3) is 0.120. The molecule has 0 bridgehead atoms. The number of hydrogen-bond donors (Lipinski definition) is 1. The van der Waals surface area contributed by atoms with Gasteiger partial charge in [0.15, 0.2) is 5.82 Å². The van der Waals surface area contributed by atoms with Crippen LogP contribution in [0.3, 0.4) is 0 Å². The van der Waals surface area contributed by atoms with E-state index >= 15 is 0 Å². The number of benzene rings is 3. The number of hydrogen-bond acceptors (Lipinski definition) is 4. The summed E-state index contributed by atoms with van der Waals surface area (Å²) < 4.78 is 29.3. The fourth-order valence-corrected chi connectivity index (χ4v) is 3.36. The smallest absolute Gasteiger partial charge is 0.294 e. The van der Waals surface area contributed by atoms with E-state index in [1.165, 1.54) is 11.0 Å². The number of likely N-dealkylation sites (N-methyl/N-ethyl adjacent to an activating group) is 1. The number of nitrogens with one attached hydrogen (secondary N) is 1. The number of para-hydroxylation sites is 2. The summed E-state index contributed by atoms with van der Waals surface area (Å²) in [5.74, 6) is -2.78. The maximum Gasteiger partial charge on any atom is 0.294 e. The Morgan fingerprint density at radius 3 is 2.15 bits per heavy atom. The zero-order chi connectivity index (χ0) is 24.1. The normalized spacial score (nSPS) is 10.7. The second-order valence-electron chi connectivity index (χ2n) is 7.34. The molecule has 4 aromatic rings. The first-order chi connectivity index (χ1) is 16.5. The van der Waals surface area contributed by atoms with Crippen molar-refractivity contribution in [1.82, 2.24) is 19.7 Å². The second kappa shape index (κ2) is 10.0. The van der Waals surface area contributed by atoms with Crippen LogP contribution < -0.4 is 5.32 Å². The summed E-state index contributed by atoms with van der Waals surface area (Å²) in [4.78, 5) is 31.3. The first-order valence-electron chi connectivity index (χ1n) is 10.6. The van der Waals surface area contributed by atoms with Gasteiger partial charge in [-0.15, -0.1) is 5.10 Å². The molecule has 9 heteroatoms. The van der Waals surface area contributed by atoms with Gasteiger partial charge >= 0.3 is 0 Å². The van der Waals surface area contributed by atoms with E-state index in [1.807, 2.05) is 60.7 Å². The second-order valence-corrected chi connectivity index (χ2v) is 7.34. The maximum absolute atomic E-state index is 13.9. The van der Waals surface area contributed by atoms with Crippen LogP contribution in [-0.2, 0) is 4.79 Å². The summed E-state index contributed by atoms with van der Waals surface area (Å²) >= 11 is 0. The van der Waals surface area contributed by atoms with Gasteiger partial charge in [0.2, 0.25) is 11.7 Å². The lowest BCUT2D eigenvalue weighted by molar-refractivity contribution is -0.116. The number of halogens is 2. The number of rotatable bonds is 7. The average Bonchev–Trinajstić information content (AvgIpc) is 3.31. The van der Waals surface area contributed by atoms with Crippen molar-refractivity contribution in [2.75, 3.05) is 18.4 Å². The average molecular weight is 461 g/mol. The molecule has 0 aliphatic carbocycles. The van der Waals surface area contributed by atoms with Crippen LogP contribution in [0, 0.1) is 11.6 Å². The zero-order valence-corrected chi connectivity index (χ0v) is 18.3. The van der Waals surface area contributed by atoms with Gasteiger partial charge in [0.05, 0.1) is 5.69 Å². The highest BCUT2D eigenvalue weighted by atomic mass is 19.1. The standard InChI is InChI=1S/C25H21F2N5O2/c1-2-31(16-21(33)28-22-19(26)14-9-15-20(22)27)25(34)23-29-24(17-10-5-3-6-11-17)32(30-23)18-12-7-4-8-13-18/h3-15H,2,16H2,1H3,(H,28,33). The molecule has 0 spiro atoms. The molecule has 0 aliphatic rings. The summed E-state index contributed by atoms with van der Waals surface area (Å²) in [7, 11) is 0. The van der Waals surface area contributed by atoms with Crippen LogP contribution in [0.1, 0.15) is 17.5 Å². The highest BCUT2D eigenvalue weighted by molar-refractivity contribution is 5.98. The number of amides is 2. The van der Waals surface area contributed by atoms with Crippen LogP contribution in [0.15, 0.2) is 78.9 Å². The Morgan fingerprint density at radius 1 is 0.912 bits per heavy atom. The van der Waals surface area contributed by atoms with E-state index in [4.69, 9.17) is 0 Å². The fourth-order valence-electron chi connectivity index (χ4n) is 3.36. The van der Waals surface area contributed by atoms with Crippen LogP contribution in [0.2, 0.25) is 0 Å². The lowest BCUT2D eigenvalue weighted by Crippen LogP contribution is -2.38. The number of anilines is 1. The Balaban J connectivity index is 1.61. The van der Waals surface area contributed by atoms with Crippen molar-refractivity contribution in [3.63, 3.8) is 0 Å². The molecular formula is C25H21F2N5O2. The van der Waals surface area contributed by atoms with Crippen LogP contribution in [0.4, 0.5) is 14.5 Å². The van der Waals surface area contributed by atoms with Gasteiger partial charge < -0.3 is 10.2 Å². The lowest BCUT2D eigenvalue weighted by Gasteiger charge is -2.19. The van der Waals surface area contributed by atoms with E-state index in [9.17, 15) is 18.4 Å². The first-order valence-corrected chi connectivity index (χ1v) is 10.6. The Bertz CT molecular complexity index is 1230. The topological polar surface area (TPSA) is 80.1 Å². The minimum absolute atomic E-state index is 0.102. The highest BCUT2D eigenvalue weighted by Crippen LogP contribution is 2.22. The molecule has 0 radical (unpaired) electrons. The molecule has 7 nitrogen and oxygen atoms in total. The van der Waals surface area contributed by atoms with Gasteiger partial charge in [-0.25, -0.2) is 18.4 Å². The van der Waals surface area contributed by atoms with E-state index in [2.05, 4.69) is 15.4 Å². The first kappa shape index (κ1) is 22.8. The molecule has 0 saturated carbocycles. The molecule has 34 heavy (non-hydrogen) atoms. The molecule has 0 aliphatic heterocycles. The molecule has 0 unspecified atom stereocenters. The maximum atomic E-state index is 13.9. The van der Waals surface area contributed by atoms with Gasteiger partial charge in [0, 0.05) is 12.1 Å². The quantitative estimate of drug-likeness (QED) is 0.445. The van der Waals surface area contributed by atoms with E-state index < -0.39 is 35.7 Å². The summed E-state index contributed by atoms with van der Waals surface area (Å²) in [6.07, 6.45) is 0. The summed E-state index contributed by atoms with van der Waals surface area (Å²) in [5, 5.41) is 6.60. The largest absolute Gasteiger partial charge is 0.327 e. The molecule has 1 heterocycles. The predicted molar refractivity (Wildman–Crippen MR) is 123 cm³/mol. The van der Waals surface area contributed by atoms with Crippen molar-refractivity contribution in [2.45, 2.75) is 6.92 Å². The van der Waals surface area contributed by atoms with E-state index in [0.717, 1.165) is 17.7 Å². The summed E-state index contributed by atoms with van der Waals surface area (Å²) in [6, 6.07) is 21.8. The van der Waals surface area contributed by atoms with Crippen LogP contribution in [0.25, 0.3) is 17.1 Å². The molecule has 1 aromatic heterocycles. The monoisotopic (exact) mass is 461 g/mol. The minimum Gasteiger partial charge on any atom is -0.327 e. The zero-order valence-electron chi connectivity index (χ0n) is 18.3.